The second-order valence-corrected chi connectivity index (χ2v) is 8.20. The first-order chi connectivity index (χ1) is 14.9. The van der Waals surface area contributed by atoms with Crippen molar-refractivity contribution in [1.82, 2.24) is 5.43 Å². The van der Waals surface area contributed by atoms with Gasteiger partial charge in [0.15, 0.2) is 6.61 Å². The molecule has 0 unspecified atom stereocenters. The summed E-state index contributed by atoms with van der Waals surface area (Å²) in [5.74, 6) is 1.10. The molecule has 0 bridgehead atoms. The van der Waals surface area contributed by atoms with Crippen molar-refractivity contribution < 1.29 is 14.3 Å². The highest BCUT2D eigenvalue weighted by Crippen LogP contribution is 2.24. The molecule has 0 aromatic heterocycles. The molecule has 0 radical (unpaired) electrons. The number of nitrogens with one attached hydrogen (secondary N) is 1. The molecule has 0 saturated heterocycles. The largest absolute Gasteiger partial charge is 0.489 e. The lowest BCUT2D eigenvalue weighted by Crippen LogP contribution is -2.24. The number of hydrogen-bond acceptors (Lipinski definition) is 4. The van der Waals surface area contributed by atoms with E-state index in [1.54, 1.807) is 6.21 Å². The molecule has 5 nitrogen and oxygen atoms in total. The van der Waals surface area contributed by atoms with E-state index in [-0.39, 0.29) is 17.9 Å². The van der Waals surface area contributed by atoms with Crippen LogP contribution in [0.5, 0.6) is 11.5 Å². The van der Waals surface area contributed by atoms with Crippen LogP contribution in [0.15, 0.2) is 84.0 Å². The molecule has 3 aromatic rings. The van der Waals surface area contributed by atoms with E-state index in [1.807, 2.05) is 78.9 Å². The van der Waals surface area contributed by atoms with Gasteiger partial charge in [0, 0.05) is 0 Å². The predicted molar refractivity (Wildman–Crippen MR) is 124 cm³/mol. The molecule has 3 aromatic carbocycles. The molecule has 0 atom stereocenters. The van der Waals surface area contributed by atoms with Crippen LogP contribution < -0.4 is 14.9 Å². The number of carbonyl (C=O) groups is 1. The molecule has 31 heavy (non-hydrogen) atoms. The summed E-state index contributed by atoms with van der Waals surface area (Å²) in [6, 6.07) is 25.3. The van der Waals surface area contributed by atoms with E-state index in [1.165, 1.54) is 5.56 Å². The van der Waals surface area contributed by atoms with Crippen molar-refractivity contribution >= 4 is 12.1 Å². The second kappa shape index (κ2) is 10.4. The van der Waals surface area contributed by atoms with Crippen LogP contribution in [0.3, 0.4) is 0 Å². The Balaban J connectivity index is 1.41. The Morgan fingerprint density at radius 3 is 2.13 bits per heavy atom. The molecule has 0 saturated carbocycles. The number of nitrogens with zero attached hydrogens (tertiary/aromatic N) is 1. The van der Waals surface area contributed by atoms with E-state index >= 15 is 0 Å². The van der Waals surface area contributed by atoms with Crippen LogP contribution >= 0.6 is 0 Å². The summed E-state index contributed by atoms with van der Waals surface area (Å²) in [5, 5.41) is 3.98. The molecule has 0 heterocycles. The minimum Gasteiger partial charge on any atom is -0.489 e. The summed E-state index contributed by atoms with van der Waals surface area (Å²) in [4.78, 5) is 11.9. The molecular formula is C26H28N2O3. The standard InChI is InChI=1S/C26H28N2O3/c1-26(2,3)22-11-15-24(16-12-22)31-19-25(29)28-27-17-20-9-13-23(14-10-20)30-18-21-7-5-4-6-8-21/h4-17H,18-19H2,1-3H3,(H,28,29)/b27-17+. The Hall–Kier alpha value is -3.60. The number of benzene rings is 3. The lowest BCUT2D eigenvalue weighted by molar-refractivity contribution is -0.123. The second-order valence-electron chi connectivity index (χ2n) is 8.20. The van der Waals surface area contributed by atoms with Crippen molar-refractivity contribution in [1.29, 1.82) is 0 Å². The Morgan fingerprint density at radius 1 is 0.871 bits per heavy atom. The molecule has 0 aliphatic carbocycles. The van der Waals surface area contributed by atoms with E-state index in [9.17, 15) is 4.79 Å². The third kappa shape index (κ3) is 7.30. The first kappa shape index (κ1) is 22.1. The summed E-state index contributed by atoms with van der Waals surface area (Å²) in [6.07, 6.45) is 1.58. The Bertz CT molecular complexity index is 990. The van der Waals surface area contributed by atoms with Gasteiger partial charge in [-0.25, -0.2) is 5.43 Å². The minimum atomic E-state index is -0.320. The lowest BCUT2D eigenvalue weighted by atomic mass is 9.87. The highest BCUT2D eigenvalue weighted by molar-refractivity contribution is 5.83. The van der Waals surface area contributed by atoms with Crippen molar-refractivity contribution in [2.24, 2.45) is 5.10 Å². The fourth-order valence-corrected chi connectivity index (χ4v) is 2.80. The van der Waals surface area contributed by atoms with E-state index in [4.69, 9.17) is 9.47 Å². The molecule has 0 aliphatic rings. The van der Waals surface area contributed by atoms with Crippen LogP contribution in [0.2, 0.25) is 0 Å². The van der Waals surface area contributed by atoms with Crippen molar-refractivity contribution in [3.63, 3.8) is 0 Å². The first-order valence-corrected chi connectivity index (χ1v) is 10.2. The van der Waals surface area contributed by atoms with Crippen LogP contribution in [-0.2, 0) is 16.8 Å². The van der Waals surface area contributed by atoms with E-state index in [0.29, 0.717) is 12.4 Å². The quantitative estimate of drug-likeness (QED) is 0.411. The van der Waals surface area contributed by atoms with E-state index in [2.05, 4.69) is 31.3 Å². The van der Waals surface area contributed by atoms with Gasteiger partial charge in [0.1, 0.15) is 18.1 Å². The average molecular weight is 417 g/mol. The summed E-state index contributed by atoms with van der Waals surface area (Å²) in [5.41, 5.74) is 5.73. The fourth-order valence-electron chi connectivity index (χ4n) is 2.80. The maximum atomic E-state index is 11.9. The third-order valence-electron chi connectivity index (χ3n) is 4.62. The van der Waals surface area contributed by atoms with Crippen molar-refractivity contribution in [2.45, 2.75) is 32.8 Å². The van der Waals surface area contributed by atoms with Crippen molar-refractivity contribution in [2.75, 3.05) is 6.61 Å². The molecule has 0 spiro atoms. The number of carbonyl (C=O) groups excluding carboxylic acids is 1. The van der Waals surface area contributed by atoms with Crippen LogP contribution in [0.1, 0.15) is 37.5 Å². The van der Waals surface area contributed by atoms with Gasteiger partial charge in [-0.1, -0.05) is 63.2 Å². The van der Waals surface area contributed by atoms with Gasteiger partial charge in [0.25, 0.3) is 5.91 Å². The molecule has 160 valence electrons. The van der Waals surface area contributed by atoms with Crippen LogP contribution in [0.25, 0.3) is 0 Å². The maximum absolute atomic E-state index is 11.9. The maximum Gasteiger partial charge on any atom is 0.277 e. The van der Waals surface area contributed by atoms with Gasteiger partial charge in [-0.3, -0.25) is 4.79 Å². The summed E-state index contributed by atoms with van der Waals surface area (Å²) >= 11 is 0. The highest BCUT2D eigenvalue weighted by Gasteiger charge is 2.13. The number of hydrazone groups is 1. The zero-order valence-electron chi connectivity index (χ0n) is 18.2. The van der Waals surface area contributed by atoms with E-state index < -0.39 is 0 Å². The number of amides is 1. The zero-order chi connectivity index (χ0) is 22.1. The van der Waals surface area contributed by atoms with Gasteiger partial charge in [-0.2, -0.15) is 5.10 Å². The Kier molecular flexibility index (Phi) is 7.44. The summed E-state index contributed by atoms with van der Waals surface area (Å²) < 4.78 is 11.3. The molecule has 1 N–H and O–H groups in total. The number of hydrogen-bond donors (Lipinski definition) is 1. The third-order valence-corrected chi connectivity index (χ3v) is 4.62. The molecule has 1 amide bonds. The van der Waals surface area contributed by atoms with Crippen LogP contribution in [0, 0.1) is 0 Å². The molecular weight excluding hydrogens is 388 g/mol. The van der Waals surface area contributed by atoms with E-state index in [0.717, 1.165) is 16.9 Å². The summed E-state index contributed by atoms with van der Waals surface area (Å²) in [6.45, 7) is 6.88. The number of ether oxygens (including phenoxy) is 2. The highest BCUT2D eigenvalue weighted by atomic mass is 16.5. The van der Waals surface area contributed by atoms with Gasteiger partial charge in [0.2, 0.25) is 0 Å². The molecule has 3 rings (SSSR count). The van der Waals surface area contributed by atoms with Crippen molar-refractivity contribution in [3.05, 3.63) is 95.6 Å². The van der Waals surface area contributed by atoms with Gasteiger partial charge < -0.3 is 9.47 Å². The smallest absolute Gasteiger partial charge is 0.277 e. The number of rotatable bonds is 8. The lowest BCUT2D eigenvalue weighted by Gasteiger charge is -2.19. The summed E-state index contributed by atoms with van der Waals surface area (Å²) in [7, 11) is 0. The molecule has 5 heteroatoms. The first-order valence-electron chi connectivity index (χ1n) is 10.2. The van der Waals surface area contributed by atoms with Crippen LogP contribution in [-0.4, -0.2) is 18.7 Å². The topological polar surface area (TPSA) is 59.9 Å². The SMILES string of the molecule is CC(C)(C)c1ccc(OCC(=O)N/N=C/c2ccc(OCc3ccccc3)cc2)cc1. The Labute approximate surface area is 183 Å². The van der Waals surface area contributed by atoms with Crippen molar-refractivity contribution in [3.8, 4) is 11.5 Å². The minimum absolute atomic E-state index is 0.0802. The van der Waals surface area contributed by atoms with Gasteiger partial charge >= 0.3 is 0 Å². The van der Waals surface area contributed by atoms with Gasteiger partial charge in [-0.15, -0.1) is 0 Å². The van der Waals surface area contributed by atoms with Gasteiger partial charge in [-0.05, 0) is 58.5 Å². The predicted octanol–water partition coefficient (Wildman–Crippen LogP) is 5.09. The fraction of sp³-hybridized carbons (Fsp3) is 0.231. The Morgan fingerprint density at radius 2 is 1.48 bits per heavy atom. The average Bonchev–Trinajstić information content (AvgIpc) is 2.77. The molecule has 0 fully saturated rings. The van der Waals surface area contributed by atoms with Crippen LogP contribution in [0.4, 0.5) is 0 Å². The molecule has 0 aliphatic heterocycles. The monoisotopic (exact) mass is 416 g/mol. The van der Waals surface area contributed by atoms with Gasteiger partial charge in [0.05, 0.1) is 6.21 Å². The normalized spacial score (nSPS) is 11.3. The zero-order valence-corrected chi connectivity index (χ0v) is 18.2.